The third kappa shape index (κ3) is 2.15. The Balaban J connectivity index is 2.04. The molecule has 14 heavy (non-hydrogen) atoms. The fourth-order valence-electron chi connectivity index (χ4n) is 2.16. The lowest BCUT2D eigenvalue weighted by Gasteiger charge is -2.27. The van der Waals surface area contributed by atoms with Crippen molar-refractivity contribution < 1.29 is 4.42 Å². The zero-order valence-corrected chi connectivity index (χ0v) is 9.13. The molecule has 1 aromatic heterocycles. The molecule has 0 radical (unpaired) electrons. The summed E-state index contributed by atoms with van der Waals surface area (Å²) in [7, 11) is 0. The van der Waals surface area contributed by atoms with E-state index in [9.17, 15) is 0 Å². The fourth-order valence-corrected chi connectivity index (χ4v) is 3.30. The van der Waals surface area contributed by atoms with Crippen molar-refractivity contribution in [2.75, 3.05) is 18.1 Å². The summed E-state index contributed by atoms with van der Waals surface area (Å²) in [5.74, 6) is 4.80. The SMILES string of the molecule is NCC(c1ccco1)C1CCSCC1. The van der Waals surface area contributed by atoms with Crippen LogP contribution in [0, 0.1) is 5.92 Å². The summed E-state index contributed by atoms with van der Waals surface area (Å²) in [5, 5.41) is 0. The van der Waals surface area contributed by atoms with E-state index in [0.29, 0.717) is 12.5 Å². The molecule has 3 heteroatoms. The van der Waals surface area contributed by atoms with E-state index in [1.807, 2.05) is 6.07 Å². The molecule has 0 amide bonds. The molecule has 0 aliphatic carbocycles. The maximum Gasteiger partial charge on any atom is 0.108 e. The molecule has 2 nitrogen and oxygen atoms in total. The quantitative estimate of drug-likeness (QED) is 0.834. The van der Waals surface area contributed by atoms with Crippen molar-refractivity contribution in [3.8, 4) is 0 Å². The van der Waals surface area contributed by atoms with Gasteiger partial charge in [0.15, 0.2) is 0 Å². The van der Waals surface area contributed by atoms with Crippen molar-refractivity contribution in [3.05, 3.63) is 24.2 Å². The monoisotopic (exact) mass is 211 g/mol. The van der Waals surface area contributed by atoms with E-state index in [-0.39, 0.29) is 0 Å². The molecule has 1 unspecified atom stereocenters. The van der Waals surface area contributed by atoms with Gasteiger partial charge in [-0.2, -0.15) is 11.8 Å². The molecule has 1 aliphatic heterocycles. The first-order chi connectivity index (χ1) is 6.92. The molecular formula is C11H17NOS. The Hall–Kier alpha value is -0.410. The van der Waals surface area contributed by atoms with Crippen molar-refractivity contribution >= 4 is 11.8 Å². The highest BCUT2D eigenvalue weighted by Crippen LogP contribution is 2.34. The average molecular weight is 211 g/mol. The molecule has 0 spiro atoms. The Kier molecular flexibility index (Phi) is 3.54. The van der Waals surface area contributed by atoms with Crippen LogP contribution in [0.3, 0.4) is 0 Å². The van der Waals surface area contributed by atoms with E-state index < -0.39 is 0 Å². The smallest absolute Gasteiger partial charge is 0.108 e. The topological polar surface area (TPSA) is 39.2 Å². The van der Waals surface area contributed by atoms with Gasteiger partial charge in [-0.05, 0) is 42.4 Å². The maximum atomic E-state index is 5.83. The highest BCUT2D eigenvalue weighted by Gasteiger charge is 2.25. The Bertz CT molecular complexity index is 254. The van der Waals surface area contributed by atoms with E-state index >= 15 is 0 Å². The molecule has 0 saturated carbocycles. The van der Waals surface area contributed by atoms with Crippen molar-refractivity contribution in [2.45, 2.75) is 18.8 Å². The molecule has 2 heterocycles. The minimum Gasteiger partial charge on any atom is -0.469 e. The molecule has 2 rings (SSSR count). The van der Waals surface area contributed by atoms with E-state index in [0.717, 1.165) is 11.7 Å². The van der Waals surface area contributed by atoms with Gasteiger partial charge in [0.25, 0.3) is 0 Å². The highest BCUT2D eigenvalue weighted by atomic mass is 32.2. The van der Waals surface area contributed by atoms with E-state index in [4.69, 9.17) is 10.2 Å². The lowest BCUT2D eigenvalue weighted by Crippen LogP contribution is -2.24. The Morgan fingerprint density at radius 2 is 2.29 bits per heavy atom. The molecule has 2 N–H and O–H groups in total. The number of nitrogens with two attached hydrogens (primary N) is 1. The number of furan rings is 1. The van der Waals surface area contributed by atoms with Gasteiger partial charge < -0.3 is 10.2 Å². The van der Waals surface area contributed by atoms with E-state index in [2.05, 4.69) is 17.8 Å². The summed E-state index contributed by atoms with van der Waals surface area (Å²) in [4.78, 5) is 0. The second-order valence-electron chi connectivity index (χ2n) is 3.81. The van der Waals surface area contributed by atoms with Crippen molar-refractivity contribution in [3.63, 3.8) is 0 Å². The third-order valence-corrected chi connectivity index (χ3v) is 4.05. The predicted octanol–water partition coefficient (Wildman–Crippen LogP) is 2.47. The van der Waals surface area contributed by atoms with Gasteiger partial charge in [-0.15, -0.1) is 0 Å². The van der Waals surface area contributed by atoms with Crippen molar-refractivity contribution in [1.29, 1.82) is 0 Å². The lowest BCUT2D eigenvalue weighted by atomic mass is 9.86. The van der Waals surface area contributed by atoms with Crippen LogP contribution in [0.4, 0.5) is 0 Å². The summed E-state index contributed by atoms with van der Waals surface area (Å²) in [6.45, 7) is 0.711. The number of rotatable bonds is 3. The molecule has 1 aliphatic rings. The molecule has 0 aromatic carbocycles. The van der Waals surface area contributed by atoms with Gasteiger partial charge in [0.1, 0.15) is 5.76 Å². The van der Waals surface area contributed by atoms with Gasteiger partial charge in [-0.1, -0.05) is 0 Å². The predicted molar refractivity (Wildman–Crippen MR) is 60.6 cm³/mol. The van der Waals surface area contributed by atoms with Gasteiger partial charge in [0.05, 0.1) is 6.26 Å². The molecule has 0 bridgehead atoms. The zero-order valence-electron chi connectivity index (χ0n) is 8.32. The van der Waals surface area contributed by atoms with Gasteiger partial charge in [0, 0.05) is 12.5 Å². The van der Waals surface area contributed by atoms with Crippen LogP contribution in [0.15, 0.2) is 22.8 Å². The van der Waals surface area contributed by atoms with Crippen molar-refractivity contribution in [2.24, 2.45) is 11.7 Å². The Morgan fingerprint density at radius 1 is 1.50 bits per heavy atom. The summed E-state index contributed by atoms with van der Waals surface area (Å²) in [6, 6.07) is 4.01. The summed E-state index contributed by atoms with van der Waals surface area (Å²) in [5.41, 5.74) is 5.83. The molecule has 1 aromatic rings. The largest absolute Gasteiger partial charge is 0.469 e. The van der Waals surface area contributed by atoms with Gasteiger partial charge in [-0.25, -0.2) is 0 Å². The van der Waals surface area contributed by atoms with Crippen LogP contribution >= 0.6 is 11.8 Å². The molecular weight excluding hydrogens is 194 g/mol. The second kappa shape index (κ2) is 4.89. The standard InChI is InChI=1S/C11H17NOS/c12-8-10(11-2-1-5-13-11)9-3-6-14-7-4-9/h1-2,5,9-10H,3-4,6-8,12H2. The van der Waals surface area contributed by atoms with Gasteiger partial charge in [-0.3, -0.25) is 0 Å². The summed E-state index contributed by atoms with van der Waals surface area (Å²) in [6.07, 6.45) is 4.32. The first kappa shape index (κ1) is 10.1. The molecule has 78 valence electrons. The minimum absolute atomic E-state index is 0.436. The normalized spacial score (nSPS) is 20.9. The first-order valence-electron chi connectivity index (χ1n) is 5.23. The first-order valence-corrected chi connectivity index (χ1v) is 6.38. The summed E-state index contributed by atoms with van der Waals surface area (Å²) < 4.78 is 5.45. The van der Waals surface area contributed by atoms with Crippen LogP contribution in [0.2, 0.25) is 0 Å². The van der Waals surface area contributed by atoms with Crippen LogP contribution in [0.5, 0.6) is 0 Å². The molecule has 1 fully saturated rings. The fraction of sp³-hybridized carbons (Fsp3) is 0.636. The average Bonchev–Trinajstić information content (AvgIpc) is 2.74. The molecule has 1 saturated heterocycles. The summed E-state index contributed by atoms with van der Waals surface area (Å²) >= 11 is 2.05. The maximum absolute atomic E-state index is 5.83. The van der Waals surface area contributed by atoms with Crippen LogP contribution in [0.25, 0.3) is 0 Å². The Labute approximate surface area is 89.2 Å². The second-order valence-corrected chi connectivity index (χ2v) is 5.03. The highest BCUT2D eigenvalue weighted by molar-refractivity contribution is 7.99. The minimum atomic E-state index is 0.436. The van der Waals surface area contributed by atoms with E-state index in [1.54, 1.807) is 6.26 Å². The van der Waals surface area contributed by atoms with Gasteiger partial charge >= 0.3 is 0 Å². The van der Waals surface area contributed by atoms with Crippen LogP contribution in [-0.4, -0.2) is 18.1 Å². The Morgan fingerprint density at radius 3 is 2.86 bits per heavy atom. The third-order valence-electron chi connectivity index (χ3n) is 3.00. The van der Waals surface area contributed by atoms with E-state index in [1.165, 1.54) is 24.3 Å². The number of hydrogen-bond donors (Lipinski definition) is 1. The van der Waals surface area contributed by atoms with Gasteiger partial charge in [0.2, 0.25) is 0 Å². The van der Waals surface area contributed by atoms with Crippen LogP contribution in [-0.2, 0) is 0 Å². The van der Waals surface area contributed by atoms with Crippen molar-refractivity contribution in [1.82, 2.24) is 0 Å². The van der Waals surface area contributed by atoms with Crippen LogP contribution in [0.1, 0.15) is 24.5 Å². The zero-order chi connectivity index (χ0) is 9.80. The molecule has 1 atom stereocenters. The number of thioether (sulfide) groups is 1. The van der Waals surface area contributed by atoms with Crippen LogP contribution < -0.4 is 5.73 Å². The number of hydrogen-bond acceptors (Lipinski definition) is 3. The lowest BCUT2D eigenvalue weighted by molar-refractivity contribution is 0.344.